The molecule has 1 saturated carbocycles. The van der Waals surface area contributed by atoms with Crippen molar-refractivity contribution in [3.8, 4) is 5.75 Å². The summed E-state index contributed by atoms with van der Waals surface area (Å²) in [5.41, 5.74) is 0.696. The first kappa shape index (κ1) is 18.1. The van der Waals surface area contributed by atoms with Crippen molar-refractivity contribution in [2.24, 2.45) is 5.92 Å². The van der Waals surface area contributed by atoms with E-state index in [-0.39, 0.29) is 29.6 Å². The van der Waals surface area contributed by atoms with Crippen molar-refractivity contribution >= 4 is 35.0 Å². The lowest BCUT2D eigenvalue weighted by molar-refractivity contribution is 0.0684. The minimum absolute atomic E-state index is 0.0848. The molecule has 0 atom stereocenters. The van der Waals surface area contributed by atoms with Crippen LogP contribution in [-0.4, -0.2) is 44.7 Å². The van der Waals surface area contributed by atoms with Crippen LogP contribution in [-0.2, 0) is 13.1 Å². The second kappa shape index (κ2) is 7.05. The maximum atomic E-state index is 12.6. The SMILES string of the molecule is O=C(NCc1ccc(Cl)c(Cl)c1)c1nn2c(c1O)C(=O)N(CC1CC1)CC2. The Morgan fingerprint density at radius 2 is 2.04 bits per heavy atom. The lowest BCUT2D eigenvalue weighted by Crippen LogP contribution is -2.41. The molecule has 1 fully saturated rings. The summed E-state index contributed by atoms with van der Waals surface area (Å²) in [6.07, 6.45) is 2.27. The molecule has 2 amide bonds. The number of nitrogens with one attached hydrogen (secondary N) is 1. The largest absolute Gasteiger partial charge is 0.504 e. The molecule has 1 aliphatic heterocycles. The number of halogens is 2. The minimum atomic E-state index is -0.554. The van der Waals surface area contributed by atoms with Gasteiger partial charge >= 0.3 is 0 Å². The fourth-order valence-corrected chi connectivity index (χ4v) is 3.47. The van der Waals surface area contributed by atoms with Gasteiger partial charge in [-0.25, -0.2) is 0 Å². The van der Waals surface area contributed by atoms with E-state index in [2.05, 4.69) is 10.4 Å². The van der Waals surface area contributed by atoms with E-state index in [1.54, 1.807) is 23.1 Å². The van der Waals surface area contributed by atoms with Crippen LogP contribution in [0, 0.1) is 5.92 Å². The maximum absolute atomic E-state index is 12.6. The van der Waals surface area contributed by atoms with Gasteiger partial charge in [-0.2, -0.15) is 5.10 Å². The van der Waals surface area contributed by atoms with Crippen LogP contribution in [0.1, 0.15) is 39.4 Å². The summed E-state index contributed by atoms with van der Waals surface area (Å²) in [4.78, 5) is 26.8. The Morgan fingerprint density at radius 1 is 1.26 bits per heavy atom. The molecule has 0 spiro atoms. The van der Waals surface area contributed by atoms with Gasteiger partial charge in [0.25, 0.3) is 11.8 Å². The van der Waals surface area contributed by atoms with Crippen LogP contribution in [0.15, 0.2) is 18.2 Å². The van der Waals surface area contributed by atoms with Crippen molar-refractivity contribution < 1.29 is 14.7 Å². The van der Waals surface area contributed by atoms with Gasteiger partial charge in [-0.05, 0) is 36.5 Å². The number of carbonyl (C=O) groups excluding carboxylic acids is 2. The molecule has 27 heavy (non-hydrogen) atoms. The van der Waals surface area contributed by atoms with Crippen molar-refractivity contribution in [3.63, 3.8) is 0 Å². The highest BCUT2D eigenvalue weighted by molar-refractivity contribution is 6.42. The third-order valence-electron chi connectivity index (χ3n) is 4.83. The third-order valence-corrected chi connectivity index (χ3v) is 5.57. The fourth-order valence-electron chi connectivity index (χ4n) is 3.15. The average Bonchev–Trinajstić information content (AvgIpc) is 3.40. The van der Waals surface area contributed by atoms with Crippen molar-refractivity contribution in [2.45, 2.75) is 25.9 Å². The average molecular weight is 409 g/mol. The van der Waals surface area contributed by atoms with Crippen molar-refractivity contribution in [3.05, 3.63) is 45.2 Å². The molecular formula is C18H18Cl2N4O3. The maximum Gasteiger partial charge on any atom is 0.276 e. The molecule has 0 radical (unpaired) electrons. The highest BCUT2D eigenvalue weighted by Crippen LogP contribution is 2.32. The Balaban J connectivity index is 1.48. The highest BCUT2D eigenvalue weighted by Gasteiger charge is 2.35. The van der Waals surface area contributed by atoms with Crippen LogP contribution >= 0.6 is 23.2 Å². The van der Waals surface area contributed by atoms with Crippen molar-refractivity contribution in [2.75, 3.05) is 13.1 Å². The predicted octanol–water partition coefficient (Wildman–Crippen LogP) is 2.69. The van der Waals surface area contributed by atoms with E-state index in [0.29, 0.717) is 35.6 Å². The molecule has 4 rings (SSSR count). The number of hydrogen-bond acceptors (Lipinski definition) is 4. The molecule has 142 valence electrons. The lowest BCUT2D eigenvalue weighted by Gasteiger charge is -2.27. The lowest BCUT2D eigenvalue weighted by atomic mass is 10.2. The second-order valence-corrected chi connectivity index (χ2v) is 7.71. The van der Waals surface area contributed by atoms with Crippen LogP contribution in [0.5, 0.6) is 5.75 Å². The van der Waals surface area contributed by atoms with E-state index in [0.717, 1.165) is 18.4 Å². The molecule has 0 unspecified atom stereocenters. The van der Waals surface area contributed by atoms with Crippen LogP contribution < -0.4 is 5.32 Å². The van der Waals surface area contributed by atoms with Gasteiger partial charge in [0.1, 0.15) is 0 Å². The summed E-state index contributed by atoms with van der Waals surface area (Å²) in [7, 11) is 0. The van der Waals surface area contributed by atoms with Gasteiger partial charge < -0.3 is 15.3 Å². The number of amides is 2. The molecule has 2 heterocycles. The number of nitrogens with zero attached hydrogens (tertiary/aromatic N) is 3. The van der Waals surface area contributed by atoms with Gasteiger partial charge in [0.15, 0.2) is 17.1 Å². The summed E-state index contributed by atoms with van der Waals surface area (Å²) < 4.78 is 1.41. The summed E-state index contributed by atoms with van der Waals surface area (Å²) in [6.45, 7) is 1.89. The van der Waals surface area contributed by atoms with E-state index in [1.165, 1.54) is 4.68 Å². The van der Waals surface area contributed by atoms with Gasteiger partial charge in [-0.1, -0.05) is 29.3 Å². The molecule has 1 aromatic heterocycles. The monoisotopic (exact) mass is 408 g/mol. The van der Waals surface area contributed by atoms with E-state index in [9.17, 15) is 14.7 Å². The standard InChI is InChI=1S/C18H18Cl2N4O3/c19-12-4-3-11(7-13(12)20)8-21-17(26)14-16(25)15-18(27)23(9-10-1-2-10)5-6-24(15)22-14/h3-4,7,10,25H,1-2,5-6,8-9H2,(H,21,26). The second-order valence-electron chi connectivity index (χ2n) is 6.89. The van der Waals surface area contributed by atoms with E-state index >= 15 is 0 Å². The third kappa shape index (κ3) is 3.61. The topological polar surface area (TPSA) is 87.5 Å². The molecule has 0 bridgehead atoms. The van der Waals surface area contributed by atoms with Crippen molar-refractivity contribution in [1.82, 2.24) is 20.0 Å². The molecule has 0 saturated heterocycles. The summed E-state index contributed by atoms with van der Waals surface area (Å²) in [5, 5.41) is 18.1. The van der Waals surface area contributed by atoms with E-state index in [4.69, 9.17) is 23.2 Å². The molecule has 2 N–H and O–H groups in total. The van der Waals surface area contributed by atoms with Gasteiger partial charge in [0.2, 0.25) is 0 Å². The molecule has 7 nitrogen and oxygen atoms in total. The summed E-state index contributed by atoms with van der Waals surface area (Å²) in [6, 6.07) is 5.04. The predicted molar refractivity (Wildman–Crippen MR) is 100 cm³/mol. The molecule has 9 heteroatoms. The number of hydrogen-bond donors (Lipinski definition) is 2. The minimum Gasteiger partial charge on any atom is -0.504 e. The van der Waals surface area contributed by atoms with Crippen molar-refractivity contribution in [1.29, 1.82) is 0 Å². The number of rotatable bonds is 5. The van der Waals surface area contributed by atoms with Crippen LogP contribution in [0.4, 0.5) is 0 Å². The zero-order valence-electron chi connectivity index (χ0n) is 14.4. The van der Waals surface area contributed by atoms with Crippen LogP contribution in [0.3, 0.4) is 0 Å². The Labute approximate surface area is 165 Å². The fraction of sp³-hybridized carbons (Fsp3) is 0.389. The highest BCUT2D eigenvalue weighted by atomic mass is 35.5. The van der Waals surface area contributed by atoms with Gasteiger partial charge in [0.05, 0.1) is 16.6 Å². The number of benzene rings is 1. The summed E-state index contributed by atoms with van der Waals surface area (Å²) in [5.74, 6) is -0.643. The Kier molecular flexibility index (Phi) is 4.74. The Hall–Kier alpha value is -2.25. The number of carbonyl (C=O) groups is 2. The first-order valence-corrected chi connectivity index (χ1v) is 9.51. The van der Waals surface area contributed by atoms with Crippen LogP contribution in [0.2, 0.25) is 10.0 Å². The quantitative estimate of drug-likeness (QED) is 0.795. The molecule has 2 aromatic rings. The summed E-state index contributed by atoms with van der Waals surface area (Å²) >= 11 is 11.8. The first-order valence-electron chi connectivity index (χ1n) is 8.75. The molecule has 1 aliphatic carbocycles. The van der Waals surface area contributed by atoms with Crippen LogP contribution in [0.25, 0.3) is 0 Å². The van der Waals surface area contributed by atoms with Gasteiger partial charge in [-0.3, -0.25) is 14.3 Å². The molecular weight excluding hydrogens is 391 g/mol. The zero-order valence-corrected chi connectivity index (χ0v) is 15.9. The smallest absolute Gasteiger partial charge is 0.276 e. The molecule has 1 aromatic carbocycles. The number of fused-ring (bicyclic) bond motifs is 1. The van der Waals surface area contributed by atoms with Gasteiger partial charge in [-0.15, -0.1) is 0 Å². The Morgan fingerprint density at radius 3 is 2.74 bits per heavy atom. The number of aromatic nitrogens is 2. The normalized spacial score (nSPS) is 16.4. The molecule has 2 aliphatic rings. The zero-order chi connectivity index (χ0) is 19.1. The Bertz CT molecular complexity index is 924. The number of aromatic hydroxyl groups is 1. The first-order chi connectivity index (χ1) is 12.9. The van der Waals surface area contributed by atoms with Gasteiger partial charge in [0, 0.05) is 19.6 Å². The van der Waals surface area contributed by atoms with E-state index < -0.39 is 5.91 Å². The van der Waals surface area contributed by atoms with E-state index in [1.807, 2.05) is 0 Å².